The topological polar surface area (TPSA) is 52.1 Å². The van der Waals surface area contributed by atoms with Gasteiger partial charge in [0.15, 0.2) is 0 Å². The summed E-state index contributed by atoms with van der Waals surface area (Å²) in [6.45, 7) is 5.35. The van der Waals surface area contributed by atoms with Crippen molar-refractivity contribution in [1.82, 2.24) is 5.32 Å². The molecule has 2 bridgehead atoms. The average Bonchev–Trinajstić information content (AvgIpc) is 2.76. The summed E-state index contributed by atoms with van der Waals surface area (Å²) in [6.07, 6.45) is 3.37. The van der Waals surface area contributed by atoms with Crippen LogP contribution in [0.15, 0.2) is 53.7 Å². The highest BCUT2D eigenvalue weighted by Gasteiger charge is 2.46. The van der Waals surface area contributed by atoms with Crippen molar-refractivity contribution >= 4 is 5.71 Å². The maximum absolute atomic E-state index is 5.99. The first kappa shape index (κ1) is 20.7. The molecule has 2 aromatic carbocycles. The smallest absolute Gasteiger partial charge is 0.124 e. The number of hydrogen-bond donors (Lipinski definition) is 1. The van der Waals surface area contributed by atoms with Crippen LogP contribution in [0.2, 0.25) is 0 Å². The number of benzene rings is 2. The summed E-state index contributed by atoms with van der Waals surface area (Å²) in [5.41, 5.74) is 3.54. The molecule has 160 valence electrons. The molecule has 2 aliphatic rings. The quantitative estimate of drug-likeness (QED) is 0.633. The van der Waals surface area contributed by atoms with Crippen molar-refractivity contribution < 1.29 is 14.3 Å². The molecule has 1 aliphatic carbocycles. The molecule has 4 atom stereocenters. The van der Waals surface area contributed by atoms with E-state index in [0.717, 1.165) is 30.1 Å². The van der Waals surface area contributed by atoms with Crippen LogP contribution in [0.5, 0.6) is 11.5 Å². The highest BCUT2D eigenvalue weighted by atomic mass is 16.6. The second-order valence-electron chi connectivity index (χ2n) is 7.91. The fourth-order valence-electron chi connectivity index (χ4n) is 5.13. The zero-order chi connectivity index (χ0) is 20.9. The second-order valence-corrected chi connectivity index (χ2v) is 7.91. The molecule has 1 N–H and O–H groups in total. The number of rotatable bonds is 7. The lowest BCUT2D eigenvalue weighted by molar-refractivity contribution is 0.178. The number of ether oxygens (including phenoxy) is 2. The van der Waals surface area contributed by atoms with Gasteiger partial charge in [-0.3, -0.25) is 0 Å². The molecule has 1 heterocycles. The maximum atomic E-state index is 5.99. The predicted molar refractivity (Wildman–Crippen MR) is 119 cm³/mol. The van der Waals surface area contributed by atoms with Gasteiger partial charge >= 0.3 is 0 Å². The molecule has 5 nitrogen and oxygen atoms in total. The Morgan fingerprint density at radius 2 is 1.33 bits per heavy atom. The van der Waals surface area contributed by atoms with E-state index in [0.29, 0.717) is 25.0 Å². The molecule has 4 unspecified atom stereocenters. The minimum Gasteiger partial charge on any atom is -0.494 e. The lowest BCUT2D eigenvalue weighted by atomic mass is 9.66. The van der Waals surface area contributed by atoms with Gasteiger partial charge in [0.1, 0.15) is 18.6 Å². The van der Waals surface area contributed by atoms with Crippen LogP contribution in [0.4, 0.5) is 0 Å². The Kier molecular flexibility index (Phi) is 6.58. The van der Waals surface area contributed by atoms with Gasteiger partial charge in [-0.05, 0) is 38.8 Å². The lowest BCUT2D eigenvalue weighted by Gasteiger charge is -2.47. The number of hydrogen-bond acceptors (Lipinski definition) is 5. The molecular formula is C25H32N2O3. The van der Waals surface area contributed by atoms with Crippen molar-refractivity contribution in [2.75, 3.05) is 20.3 Å². The molecular weight excluding hydrogens is 376 g/mol. The summed E-state index contributed by atoms with van der Waals surface area (Å²) < 4.78 is 12.0. The Morgan fingerprint density at radius 3 is 1.80 bits per heavy atom. The fourth-order valence-corrected chi connectivity index (χ4v) is 5.13. The first-order valence-corrected chi connectivity index (χ1v) is 11.1. The summed E-state index contributed by atoms with van der Waals surface area (Å²) in [6, 6.07) is 16.9. The molecule has 0 aromatic heterocycles. The van der Waals surface area contributed by atoms with Crippen LogP contribution >= 0.6 is 0 Å². The summed E-state index contributed by atoms with van der Waals surface area (Å²) in [4.78, 5) is 5.34. The van der Waals surface area contributed by atoms with E-state index in [2.05, 4.69) is 46.9 Å². The molecule has 5 heteroatoms. The van der Waals surface area contributed by atoms with E-state index in [9.17, 15) is 0 Å². The van der Waals surface area contributed by atoms with Crippen LogP contribution in [0, 0.1) is 11.8 Å². The normalized spacial score (nSPS) is 25.5. The Balaban J connectivity index is 1.80. The molecule has 0 amide bonds. The third kappa shape index (κ3) is 3.91. The molecule has 1 aliphatic heterocycles. The van der Waals surface area contributed by atoms with Gasteiger partial charge in [0.2, 0.25) is 0 Å². The zero-order valence-electron chi connectivity index (χ0n) is 18.1. The summed E-state index contributed by atoms with van der Waals surface area (Å²) in [5, 5.41) is 8.54. The van der Waals surface area contributed by atoms with E-state index >= 15 is 0 Å². The second kappa shape index (κ2) is 9.52. The zero-order valence-corrected chi connectivity index (χ0v) is 18.1. The molecule has 1 saturated heterocycles. The van der Waals surface area contributed by atoms with E-state index in [1.165, 1.54) is 17.5 Å². The van der Waals surface area contributed by atoms with Crippen LogP contribution in [-0.4, -0.2) is 26.0 Å². The Bertz CT molecular complexity index is 817. The number of nitrogens with one attached hydrogen (secondary N) is 1. The third-order valence-electron chi connectivity index (χ3n) is 6.26. The minimum atomic E-state index is 0.109. The van der Waals surface area contributed by atoms with Crippen molar-refractivity contribution in [1.29, 1.82) is 0 Å². The minimum absolute atomic E-state index is 0.109. The van der Waals surface area contributed by atoms with Gasteiger partial charge in [0.05, 0.1) is 18.9 Å². The van der Waals surface area contributed by atoms with Crippen LogP contribution in [0.1, 0.15) is 56.3 Å². The van der Waals surface area contributed by atoms with Crippen LogP contribution < -0.4 is 14.8 Å². The highest BCUT2D eigenvalue weighted by molar-refractivity contribution is 5.92. The van der Waals surface area contributed by atoms with Crippen LogP contribution in [0.25, 0.3) is 0 Å². The van der Waals surface area contributed by atoms with E-state index in [1.807, 2.05) is 26.0 Å². The Hall–Kier alpha value is -2.53. The molecule has 0 radical (unpaired) electrons. The van der Waals surface area contributed by atoms with Crippen molar-refractivity contribution in [2.45, 2.75) is 45.2 Å². The van der Waals surface area contributed by atoms with Gasteiger partial charge in [-0.2, -0.15) is 0 Å². The van der Waals surface area contributed by atoms with Crippen molar-refractivity contribution in [3.63, 3.8) is 0 Å². The number of nitrogens with zero attached hydrogens (tertiary/aromatic N) is 1. The number of piperidine rings is 1. The number of oxime groups is 1. The van der Waals surface area contributed by atoms with E-state index < -0.39 is 0 Å². The standard InChI is InChI=1S/C25H32N2O3/c1-4-29-21-15-8-6-11-17(21)23-19-13-10-14-20(25(19)27-28-3)24(26-23)18-12-7-9-16-22(18)30-5-2/h6-9,11-12,15-16,19-20,23-24,26H,4-5,10,13-14H2,1-3H3. The summed E-state index contributed by atoms with van der Waals surface area (Å²) in [5.74, 6) is 2.46. The van der Waals surface area contributed by atoms with E-state index in [1.54, 1.807) is 7.11 Å². The number of para-hydroxylation sites is 2. The first-order chi connectivity index (χ1) is 14.8. The molecule has 4 rings (SSSR count). The van der Waals surface area contributed by atoms with Gasteiger partial charge in [-0.15, -0.1) is 0 Å². The first-order valence-electron chi connectivity index (χ1n) is 11.1. The number of fused-ring (bicyclic) bond motifs is 2. The molecule has 2 fully saturated rings. The maximum Gasteiger partial charge on any atom is 0.124 e. The van der Waals surface area contributed by atoms with Gasteiger partial charge in [-0.1, -0.05) is 48.0 Å². The summed E-state index contributed by atoms with van der Waals surface area (Å²) >= 11 is 0. The molecule has 0 spiro atoms. The van der Waals surface area contributed by atoms with Crippen LogP contribution in [-0.2, 0) is 4.84 Å². The van der Waals surface area contributed by atoms with E-state index in [4.69, 9.17) is 14.3 Å². The average molecular weight is 409 g/mol. The van der Waals surface area contributed by atoms with Crippen molar-refractivity contribution in [3.05, 3.63) is 59.7 Å². The predicted octanol–water partition coefficient (Wildman–Crippen LogP) is 5.29. The lowest BCUT2D eigenvalue weighted by Crippen LogP contribution is -2.50. The highest BCUT2D eigenvalue weighted by Crippen LogP contribution is 2.49. The Morgan fingerprint density at radius 1 is 0.833 bits per heavy atom. The SMILES string of the molecule is CCOc1ccccc1C1NC(c2ccccc2OCC)C2CCCC1C2=NOC. The Labute approximate surface area is 179 Å². The van der Waals surface area contributed by atoms with Gasteiger partial charge in [-0.25, -0.2) is 0 Å². The van der Waals surface area contributed by atoms with Gasteiger partial charge in [0.25, 0.3) is 0 Å². The van der Waals surface area contributed by atoms with Crippen molar-refractivity contribution in [3.8, 4) is 11.5 Å². The monoisotopic (exact) mass is 408 g/mol. The van der Waals surface area contributed by atoms with Gasteiger partial charge < -0.3 is 19.6 Å². The molecule has 30 heavy (non-hydrogen) atoms. The largest absolute Gasteiger partial charge is 0.494 e. The van der Waals surface area contributed by atoms with E-state index in [-0.39, 0.29) is 12.1 Å². The van der Waals surface area contributed by atoms with Gasteiger partial charge in [0, 0.05) is 35.0 Å². The summed E-state index contributed by atoms with van der Waals surface area (Å²) in [7, 11) is 1.65. The van der Waals surface area contributed by atoms with Crippen molar-refractivity contribution in [2.24, 2.45) is 17.0 Å². The molecule has 2 aromatic rings. The van der Waals surface area contributed by atoms with Crippen LogP contribution in [0.3, 0.4) is 0 Å². The molecule has 1 saturated carbocycles. The fraction of sp³-hybridized carbons (Fsp3) is 0.480. The third-order valence-corrected chi connectivity index (χ3v) is 6.26.